The van der Waals surface area contributed by atoms with Crippen LogP contribution in [0.25, 0.3) is 0 Å². The van der Waals surface area contributed by atoms with Crippen molar-refractivity contribution in [2.45, 2.75) is 31.9 Å². The van der Waals surface area contributed by atoms with Crippen LogP contribution in [-0.2, 0) is 13.0 Å². The zero-order valence-electron chi connectivity index (χ0n) is 11.7. The van der Waals surface area contributed by atoms with Gasteiger partial charge in [-0.05, 0) is 37.4 Å². The molecule has 1 aliphatic carbocycles. The van der Waals surface area contributed by atoms with Crippen LogP contribution in [-0.4, -0.2) is 17.0 Å². The number of aromatic nitrogens is 2. The summed E-state index contributed by atoms with van der Waals surface area (Å²) in [4.78, 5) is 8.68. The third-order valence-electron chi connectivity index (χ3n) is 3.60. The van der Waals surface area contributed by atoms with Crippen molar-refractivity contribution in [3.8, 4) is 5.88 Å². The first kappa shape index (κ1) is 13.1. The third kappa shape index (κ3) is 2.80. The summed E-state index contributed by atoms with van der Waals surface area (Å²) < 4.78 is 6.07. The number of ether oxygens (including phenoxy) is 1. The first-order valence-corrected chi connectivity index (χ1v) is 7.07. The fourth-order valence-corrected chi connectivity index (χ4v) is 2.69. The molecule has 3 rings (SSSR count). The van der Waals surface area contributed by atoms with E-state index in [1.54, 1.807) is 12.4 Å². The molecule has 1 N–H and O–H groups in total. The van der Waals surface area contributed by atoms with Gasteiger partial charge in [0.05, 0.1) is 11.9 Å². The van der Waals surface area contributed by atoms with Crippen LogP contribution in [0.5, 0.6) is 5.88 Å². The highest BCUT2D eigenvalue weighted by atomic mass is 16.5. The fraction of sp³-hybridized carbons (Fsp3) is 0.375. The Morgan fingerprint density at radius 3 is 3.10 bits per heavy atom. The van der Waals surface area contributed by atoms with Gasteiger partial charge in [-0.2, -0.15) is 0 Å². The molecule has 4 nitrogen and oxygen atoms in total. The van der Waals surface area contributed by atoms with Crippen molar-refractivity contribution in [2.24, 2.45) is 0 Å². The second-order valence-electron chi connectivity index (χ2n) is 5.08. The van der Waals surface area contributed by atoms with E-state index >= 15 is 0 Å². The van der Waals surface area contributed by atoms with Crippen LogP contribution >= 0.6 is 0 Å². The summed E-state index contributed by atoms with van der Waals surface area (Å²) in [6.45, 7) is 0.700. The number of rotatable bonds is 4. The molecule has 0 bridgehead atoms. The summed E-state index contributed by atoms with van der Waals surface area (Å²) in [6, 6.07) is 8.51. The number of aryl methyl sites for hydroxylation is 1. The van der Waals surface area contributed by atoms with E-state index in [-0.39, 0.29) is 6.10 Å². The van der Waals surface area contributed by atoms with Crippen molar-refractivity contribution in [3.05, 3.63) is 53.5 Å². The van der Waals surface area contributed by atoms with E-state index < -0.39 is 0 Å². The topological polar surface area (TPSA) is 47.0 Å². The van der Waals surface area contributed by atoms with Gasteiger partial charge in [0.2, 0.25) is 5.88 Å². The number of benzene rings is 1. The van der Waals surface area contributed by atoms with Crippen molar-refractivity contribution in [2.75, 3.05) is 7.05 Å². The molecule has 0 aliphatic heterocycles. The van der Waals surface area contributed by atoms with Gasteiger partial charge in [-0.3, -0.25) is 4.98 Å². The van der Waals surface area contributed by atoms with Crippen molar-refractivity contribution in [1.29, 1.82) is 0 Å². The lowest BCUT2D eigenvalue weighted by Gasteiger charge is -2.25. The van der Waals surface area contributed by atoms with Gasteiger partial charge in [-0.1, -0.05) is 24.3 Å². The Morgan fingerprint density at radius 2 is 2.20 bits per heavy atom. The van der Waals surface area contributed by atoms with E-state index in [2.05, 4.69) is 39.6 Å². The van der Waals surface area contributed by atoms with Crippen molar-refractivity contribution >= 4 is 0 Å². The minimum absolute atomic E-state index is 0.0964. The van der Waals surface area contributed by atoms with Gasteiger partial charge in [-0.25, -0.2) is 4.98 Å². The van der Waals surface area contributed by atoms with Gasteiger partial charge >= 0.3 is 0 Å². The Kier molecular flexibility index (Phi) is 3.92. The lowest BCUT2D eigenvalue weighted by atomic mass is 9.89. The Labute approximate surface area is 119 Å². The second kappa shape index (κ2) is 6.01. The lowest BCUT2D eigenvalue weighted by molar-refractivity contribution is 0.174. The minimum Gasteiger partial charge on any atom is -0.468 e. The van der Waals surface area contributed by atoms with Crippen LogP contribution in [0.4, 0.5) is 0 Å². The molecular weight excluding hydrogens is 250 g/mol. The Morgan fingerprint density at radius 1 is 1.30 bits per heavy atom. The van der Waals surface area contributed by atoms with Crippen LogP contribution < -0.4 is 10.1 Å². The molecule has 1 aromatic heterocycles. The minimum atomic E-state index is 0.0964. The van der Waals surface area contributed by atoms with Gasteiger partial charge in [0.25, 0.3) is 0 Å². The molecule has 0 spiro atoms. The van der Waals surface area contributed by atoms with Crippen LogP contribution in [0.3, 0.4) is 0 Å². The predicted molar refractivity (Wildman–Crippen MR) is 77.5 cm³/mol. The van der Waals surface area contributed by atoms with E-state index in [1.807, 2.05) is 7.05 Å². The maximum absolute atomic E-state index is 6.07. The molecule has 0 amide bonds. The normalized spacial score (nSPS) is 17.6. The molecule has 4 heteroatoms. The molecule has 1 heterocycles. The molecule has 0 radical (unpaired) electrons. The van der Waals surface area contributed by atoms with Crippen LogP contribution in [0.2, 0.25) is 0 Å². The van der Waals surface area contributed by atoms with E-state index in [4.69, 9.17) is 4.74 Å². The molecule has 20 heavy (non-hydrogen) atoms. The molecule has 2 aromatic rings. The summed E-state index contributed by atoms with van der Waals surface area (Å²) in [6.07, 6.45) is 6.88. The summed E-state index contributed by atoms with van der Waals surface area (Å²) in [7, 11) is 1.90. The van der Waals surface area contributed by atoms with Crippen LogP contribution in [0.15, 0.2) is 36.7 Å². The van der Waals surface area contributed by atoms with Crippen molar-refractivity contribution < 1.29 is 4.74 Å². The first-order valence-electron chi connectivity index (χ1n) is 7.07. The maximum atomic E-state index is 6.07. The molecule has 1 aliphatic rings. The highest BCUT2D eigenvalue weighted by Crippen LogP contribution is 2.32. The van der Waals surface area contributed by atoms with E-state index in [9.17, 15) is 0 Å². The molecular formula is C16H19N3O. The molecule has 0 saturated heterocycles. The van der Waals surface area contributed by atoms with Crippen LogP contribution in [0.1, 0.15) is 35.8 Å². The number of fused-ring (bicyclic) bond motifs is 1. The zero-order chi connectivity index (χ0) is 13.8. The summed E-state index contributed by atoms with van der Waals surface area (Å²) in [5.74, 6) is 0.611. The number of hydrogen-bond acceptors (Lipinski definition) is 4. The largest absolute Gasteiger partial charge is 0.468 e. The summed E-state index contributed by atoms with van der Waals surface area (Å²) in [5, 5.41) is 3.07. The number of hydrogen-bond donors (Lipinski definition) is 1. The summed E-state index contributed by atoms with van der Waals surface area (Å²) in [5.41, 5.74) is 3.58. The number of nitrogens with one attached hydrogen (secondary N) is 1. The molecule has 0 fully saturated rings. The Hall–Kier alpha value is -1.94. The second-order valence-corrected chi connectivity index (χ2v) is 5.08. The van der Waals surface area contributed by atoms with E-state index in [0.29, 0.717) is 12.4 Å². The van der Waals surface area contributed by atoms with Crippen molar-refractivity contribution in [3.63, 3.8) is 0 Å². The third-order valence-corrected chi connectivity index (χ3v) is 3.60. The van der Waals surface area contributed by atoms with Gasteiger partial charge < -0.3 is 10.1 Å². The molecule has 104 valence electrons. The Balaban J connectivity index is 1.80. The van der Waals surface area contributed by atoms with Crippen molar-refractivity contribution in [1.82, 2.24) is 15.3 Å². The highest BCUT2D eigenvalue weighted by Gasteiger charge is 2.21. The standard InChI is InChI=1S/C16H19N3O/c1-17-9-13-10-18-11-16(19-13)20-15-8-4-6-12-5-2-3-7-14(12)15/h2-3,5,7,10-11,15,17H,4,6,8-9H2,1H3. The number of nitrogens with zero attached hydrogens (tertiary/aromatic N) is 2. The van der Waals surface area contributed by atoms with Gasteiger partial charge in [0, 0.05) is 12.7 Å². The average Bonchev–Trinajstić information content (AvgIpc) is 2.48. The lowest BCUT2D eigenvalue weighted by Crippen LogP contribution is -2.16. The maximum Gasteiger partial charge on any atom is 0.233 e. The van der Waals surface area contributed by atoms with E-state index in [1.165, 1.54) is 11.1 Å². The predicted octanol–water partition coefficient (Wildman–Crippen LogP) is 2.65. The zero-order valence-corrected chi connectivity index (χ0v) is 11.7. The first-order chi connectivity index (χ1) is 9.86. The smallest absolute Gasteiger partial charge is 0.233 e. The van der Waals surface area contributed by atoms with Gasteiger partial charge in [-0.15, -0.1) is 0 Å². The molecule has 1 aromatic carbocycles. The van der Waals surface area contributed by atoms with Gasteiger partial charge in [0.1, 0.15) is 6.10 Å². The molecule has 1 unspecified atom stereocenters. The van der Waals surface area contributed by atoms with Crippen LogP contribution in [0, 0.1) is 0 Å². The Bertz CT molecular complexity index is 585. The quantitative estimate of drug-likeness (QED) is 0.927. The highest BCUT2D eigenvalue weighted by molar-refractivity contribution is 5.32. The SMILES string of the molecule is CNCc1cncc(OC2CCCc3ccccc32)n1. The molecule has 0 saturated carbocycles. The summed E-state index contributed by atoms with van der Waals surface area (Å²) >= 11 is 0. The monoisotopic (exact) mass is 269 g/mol. The molecule has 1 atom stereocenters. The fourth-order valence-electron chi connectivity index (χ4n) is 2.69. The average molecular weight is 269 g/mol. The van der Waals surface area contributed by atoms with Gasteiger partial charge in [0.15, 0.2) is 0 Å². The van der Waals surface area contributed by atoms with E-state index in [0.717, 1.165) is 25.0 Å².